The van der Waals surface area contributed by atoms with Crippen LogP contribution < -0.4 is 11.5 Å². The van der Waals surface area contributed by atoms with Crippen LogP contribution in [0.3, 0.4) is 0 Å². The van der Waals surface area contributed by atoms with E-state index in [1.165, 1.54) is 0 Å². The number of amides is 1. The first-order valence-electron chi connectivity index (χ1n) is 3.31. The van der Waals surface area contributed by atoms with E-state index in [2.05, 4.69) is 0 Å². The molecule has 0 aromatic heterocycles. The lowest BCUT2D eigenvalue weighted by molar-refractivity contribution is 0.100. The highest BCUT2D eigenvalue weighted by atomic mass is 32.1. The molecule has 0 radical (unpaired) electrons. The zero-order valence-electron chi connectivity index (χ0n) is 6.28. The fraction of sp³-hybridized carbons (Fsp3) is 0. The first-order chi connectivity index (χ1) is 5.61. The number of benzene rings is 1. The van der Waals surface area contributed by atoms with Crippen molar-refractivity contribution in [2.75, 3.05) is 0 Å². The molecule has 0 fully saturated rings. The van der Waals surface area contributed by atoms with Crippen LogP contribution in [0.1, 0.15) is 15.9 Å². The first-order valence-corrected chi connectivity index (χ1v) is 3.72. The molecule has 0 heterocycles. The number of primary amides is 1. The van der Waals surface area contributed by atoms with Gasteiger partial charge in [0.25, 0.3) is 0 Å². The topological polar surface area (TPSA) is 69.1 Å². The van der Waals surface area contributed by atoms with Crippen molar-refractivity contribution in [2.24, 2.45) is 11.5 Å². The summed E-state index contributed by atoms with van der Waals surface area (Å²) < 4.78 is 0. The van der Waals surface area contributed by atoms with Gasteiger partial charge in [0.05, 0.1) is 0 Å². The second-order valence-corrected chi connectivity index (χ2v) is 2.75. The van der Waals surface area contributed by atoms with Gasteiger partial charge in [0.15, 0.2) is 0 Å². The Labute approximate surface area is 75.4 Å². The lowest BCUT2D eigenvalue weighted by atomic mass is 10.1. The van der Waals surface area contributed by atoms with E-state index in [-0.39, 0.29) is 4.99 Å². The molecular formula is C8H8N2OS. The Balaban J connectivity index is 3.12. The molecule has 3 nitrogen and oxygen atoms in total. The van der Waals surface area contributed by atoms with Crippen molar-refractivity contribution in [1.82, 2.24) is 0 Å². The highest BCUT2D eigenvalue weighted by molar-refractivity contribution is 7.80. The second-order valence-electron chi connectivity index (χ2n) is 2.31. The average Bonchev–Trinajstić information content (AvgIpc) is 2.04. The van der Waals surface area contributed by atoms with Crippen LogP contribution >= 0.6 is 12.2 Å². The van der Waals surface area contributed by atoms with Gasteiger partial charge in [0.1, 0.15) is 4.99 Å². The van der Waals surface area contributed by atoms with Gasteiger partial charge in [0.2, 0.25) is 5.91 Å². The maximum atomic E-state index is 10.7. The minimum absolute atomic E-state index is 0.262. The maximum absolute atomic E-state index is 10.7. The number of rotatable bonds is 2. The molecule has 1 amide bonds. The Hall–Kier alpha value is -1.42. The molecule has 4 N–H and O–H groups in total. The van der Waals surface area contributed by atoms with E-state index in [0.29, 0.717) is 11.1 Å². The van der Waals surface area contributed by atoms with Crippen molar-refractivity contribution in [3.05, 3.63) is 35.4 Å². The Morgan fingerprint density at radius 3 is 2.33 bits per heavy atom. The number of carbonyl (C=O) groups is 1. The van der Waals surface area contributed by atoms with E-state index in [4.69, 9.17) is 23.7 Å². The molecule has 1 aromatic rings. The number of thiocarbonyl (C=S) groups is 1. The third-order valence-corrected chi connectivity index (χ3v) is 1.67. The molecule has 0 bridgehead atoms. The van der Waals surface area contributed by atoms with Gasteiger partial charge in [-0.1, -0.05) is 24.4 Å². The number of hydrogen-bond acceptors (Lipinski definition) is 2. The predicted molar refractivity (Wildman–Crippen MR) is 50.8 cm³/mol. The van der Waals surface area contributed by atoms with Crippen LogP contribution in [0.5, 0.6) is 0 Å². The molecule has 1 aromatic carbocycles. The summed E-state index contributed by atoms with van der Waals surface area (Å²) in [4.78, 5) is 11.0. The Bertz CT molecular complexity index is 306. The van der Waals surface area contributed by atoms with E-state index in [0.717, 1.165) is 0 Å². The zero-order valence-corrected chi connectivity index (χ0v) is 7.10. The third kappa shape index (κ3) is 1.79. The molecule has 0 saturated heterocycles. The van der Waals surface area contributed by atoms with Crippen LogP contribution in [0.15, 0.2) is 24.3 Å². The Kier molecular flexibility index (Phi) is 2.40. The second kappa shape index (κ2) is 3.32. The fourth-order valence-electron chi connectivity index (χ4n) is 0.826. The van der Waals surface area contributed by atoms with Crippen LogP contribution in [-0.4, -0.2) is 10.9 Å². The van der Waals surface area contributed by atoms with Crippen LogP contribution in [-0.2, 0) is 0 Å². The van der Waals surface area contributed by atoms with Crippen LogP contribution in [0.4, 0.5) is 0 Å². The summed E-state index contributed by atoms with van der Waals surface area (Å²) in [6.45, 7) is 0. The molecule has 0 spiro atoms. The zero-order chi connectivity index (χ0) is 9.14. The summed E-state index contributed by atoms with van der Waals surface area (Å²) in [5.41, 5.74) is 11.5. The molecule has 0 aliphatic carbocycles. The van der Waals surface area contributed by atoms with E-state index in [1.54, 1.807) is 24.3 Å². The van der Waals surface area contributed by atoms with Gasteiger partial charge < -0.3 is 11.5 Å². The molecule has 0 aliphatic rings. The highest BCUT2D eigenvalue weighted by Gasteiger charge is 2.01. The predicted octanol–water partition coefficient (Wildman–Crippen LogP) is 0.420. The molecule has 4 heteroatoms. The van der Waals surface area contributed by atoms with Crippen LogP contribution in [0.25, 0.3) is 0 Å². The molecular weight excluding hydrogens is 172 g/mol. The quantitative estimate of drug-likeness (QED) is 0.648. The number of nitrogens with two attached hydrogens (primary N) is 2. The van der Waals surface area contributed by atoms with Gasteiger partial charge in [0, 0.05) is 11.1 Å². The average molecular weight is 180 g/mol. The molecule has 0 unspecified atom stereocenters. The summed E-state index contributed by atoms with van der Waals surface area (Å²) in [5.74, 6) is -0.479. The summed E-state index contributed by atoms with van der Waals surface area (Å²) in [7, 11) is 0. The summed E-state index contributed by atoms with van der Waals surface area (Å²) in [5, 5.41) is 0. The summed E-state index contributed by atoms with van der Waals surface area (Å²) >= 11 is 4.73. The van der Waals surface area contributed by atoms with Crippen molar-refractivity contribution >= 4 is 23.1 Å². The smallest absolute Gasteiger partial charge is 0.248 e. The van der Waals surface area contributed by atoms with Crippen molar-refractivity contribution in [3.63, 3.8) is 0 Å². The van der Waals surface area contributed by atoms with Crippen LogP contribution in [0.2, 0.25) is 0 Å². The third-order valence-electron chi connectivity index (χ3n) is 1.43. The fourth-order valence-corrected chi connectivity index (χ4v) is 0.953. The maximum Gasteiger partial charge on any atom is 0.248 e. The minimum Gasteiger partial charge on any atom is -0.389 e. The van der Waals surface area contributed by atoms with Crippen molar-refractivity contribution in [3.8, 4) is 0 Å². The monoisotopic (exact) mass is 180 g/mol. The van der Waals surface area contributed by atoms with Crippen molar-refractivity contribution in [1.29, 1.82) is 0 Å². The normalized spacial score (nSPS) is 9.33. The number of carbonyl (C=O) groups excluding carboxylic acids is 1. The molecule has 0 aliphatic heterocycles. The molecule has 0 atom stereocenters. The van der Waals surface area contributed by atoms with Gasteiger partial charge in [-0.15, -0.1) is 0 Å². The van der Waals surface area contributed by atoms with Crippen molar-refractivity contribution < 1.29 is 4.79 Å². The highest BCUT2D eigenvalue weighted by Crippen LogP contribution is 2.03. The standard InChI is InChI=1S/C8H8N2OS/c9-7(11)5-2-1-3-6(4-5)8(10)12/h1-4H,(H2,9,11)(H2,10,12). The van der Waals surface area contributed by atoms with Gasteiger partial charge >= 0.3 is 0 Å². The van der Waals surface area contributed by atoms with Gasteiger partial charge in [-0.2, -0.15) is 0 Å². The number of hydrogen-bond donors (Lipinski definition) is 2. The van der Waals surface area contributed by atoms with Crippen molar-refractivity contribution in [2.45, 2.75) is 0 Å². The molecule has 62 valence electrons. The largest absolute Gasteiger partial charge is 0.389 e. The first kappa shape index (κ1) is 8.67. The molecule has 0 saturated carbocycles. The SMILES string of the molecule is NC(=O)c1cccc(C(N)=S)c1. The Morgan fingerprint density at radius 1 is 1.25 bits per heavy atom. The lowest BCUT2D eigenvalue weighted by Gasteiger charge is -1.99. The summed E-state index contributed by atoms with van der Waals surface area (Å²) in [6.07, 6.45) is 0. The van der Waals surface area contributed by atoms with Crippen LogP contribution in [0, 0.1) is 0 Å². The molecule has 12 heavy (non-hydrogen) atoms. The van der Waals surface area contributed by atoms with E-state index >= 15 is 0 Å². The summed E-state index contributed by atoms with van der Waals surface area (Å²) in [6, 6.07) is 6.61. The lowest BCUT2D eigenvalue weighted by Crippen LogP contribution is -2.14. The minimum atomic E-state index is -0.479. The van der Waals surface area contributed by atoms with Gasteiger partial charge in [-0.25, -0.2) is 0 Å². The van der Waals surface area contributed by atoms with Gasteiger partial charge in [-0.3, -0.25) is 4.79 Å². The van der Waals surface area contributed by atoms with E-state index < -0.39 is 5.91 Å². The van der Waals surface area contributed by atoms with E-state index in [1.807, 2.05) is 0 Å². The Morgan fingerprint density at radius 2 is 1.83 bits per heavy atom. The van der Waals surface area contributed by atoms with E-state index in [9.17, 15) is 4.79 Å². The van der Waals surface area contributed by atoms with Gasteiger partial charge in [-0.05, 0) is 12.1 Å². The molecule has 1 rings (SSSR count).